The molecule has 1 aromatic rings. The van der Waals surface area contributed by atoms with Gasteiger partial charge in [0.25, 0.3) is 0 Å². The van der Waals surface area contributed by atoms with Crippen molar-refractivity contribution >= 4 is 26.0 Å². The van der Waals surface area contributed by atoms with E-state index in [1.807, 2.05) is 0 Å². The Morgan fingerprint density at radius 2 is 1.89 bits per heavy atom. The van der Waals surface area contributed by atoms with Crippen LogP contribution in [-0.2, 0) is 10.0 Å². The number of halogens is 4. The van der Waals surface area contributed by atoms with Crippen molar-refractivity contribution in [3.05, 3.63) is 22.7 Å². The third-order valence-corrected chi connectivity index (χ3v) is 4.00. The van der Waals surface area contributed by atoms with Crippen LogP contribution in [0.2, 0.25) is 0 Å². The molecule has 108 valence electrons. The molecule has 0 saturated heterocycles. The van der Waals surface area contributed by atoms with E-state index >= 15 is 0 Å². The number of rotatable bonds is 4. The molecular weight excluding hydrogens is 351 g/mol. The van der Waals surface area contributed by atoms with Crippen molar-refractivity contribution in [2.75, 3.05) is 0 Å². The number of hydrogen-bond donors (Lipinski definition) is 1. The first kappa shape index (κ1) is 16.3. The molecule has 0 unspecified atom stereocenters. The molecule has 0 aliphatic carbocycles. The molecule has 0 aliphatic rings. The van der Waals surface area contributed by atoms with Crippen LogP contribution in [0, 0.1) is 0 Å². The van der Waals surface area contributed by atoms with E-state index < -0.39 is 33.1 Å². The van der Waals surface area contributed by atoms with Crippen LogP contribution in [0.15, 0.2) is 27.6 Å². The molecule has 1 aromatic carbocycles. The molecule has 0 radical (unpaired) electrons. The molecule has 0 aliphatic heterocycles. The van der Waals surface area contributed by atoms with Crippen LogP contribution < -0.4 is 9.46 Å². The molecule has 0 saturated carbocycles. The van der Waals surface area contributed by atoms with Crippen molar-refractivity contribution in [1.29, 1.82) is 0 Å². The normalized spacial score (nSPS) is 12.8. The van der Waals surface area contributed by atoms with Gasteiger partial charge in [-0.25, -0.2) is 13.1 Å². The molecule has 0 atom stereocenters. The number of nitrogens with one attached hydrogen (secondary N) is 1. The summed E-state index contributed by atoms with van der Waals surface area (Å²) in [6.45, 7) is 3.11. The molecule has 1 N–H and O–H groups in total. The second-order valence-electron chi connectivity index (χ2n) is 3.91. The monoisotopic (exact) mass is 361 g/mol. The quantitative estimate of drug-likeness (QED) is 0.896. The second kappa shape index (κ2) is 5.68. The van der Waals surface area contributed by atoms with E-state index in [0.29, 0.717) is 0 Å². The van der Waals surface area contributed by atoms with Gasteiger partial charge < -0.3 is 4.74 Å². The van der Waals surface area contributed by atoms with Crippen LogP contribution in [0.3, 0.4) is 0 Å². The summed E-state index contributed by atoms with van der Waals surface area (Å²) < 4.78 is 66.7. The first-order valence-electron chi connectivity index (χ1n) is 5.09. The highest BCUT2D eigenvalue weighted by atomic mass is 79.9. The number of sulfonamides is 1. The minimum Gasteiger partial charge on any atom is -0.404 e. The third kappa shape index (κ3) is 5.00. The van der Waals surface area contributed by atoms with E-state index in [9.17, 15) is 21.6 Å². The van der Waals surface area contributed by atoms with Crippen LogP contribution >= 0.6 is 15.9 Å². The zero-order valence-corrected chi connectivity index (χ0v) is 12.4. The summed E-state index contributed by atoms with van der Waals surface area (Å²) >= 11 is 2.96. The van der Waals surface area contributed by atoms with Crippen molar-refractivity contribution in [2.24, 2.45) is 0 Å². The Kier molecular flexibility index (Phi) is 4.86. The molecule has 1 rings (SSSR count). The minimum atomic E-state index is -4.97. The topological polar surface area (TPSA) is 55.4 Å². The smallest absolute Gasteiger partial charge is 0.404 e. The van der Waals surface area contributed by atoms with Crippen LogP contribution in [0.4, 0.5) is 13.2 Å². The predicted molar refractivity (Wildman–Crippen MR) is 66.3 cm³/mol. The fourth-order valence-electron chi connectivity index (χ4n) is 1.28. The van der Waals surface area contributed by atoms with Gasteiger partial charge in [0.15, 0.2) is 5.75 Å². The minimum absolute atomic E-state index is 0.273. The maximum atomic E-state index is 12.3. The Morgan fingerprint density at radius 3 is 2.37 bits per heavy atom. The lowest BCUT2D eigenvalue weighted by Crippen LogP contribution is -2.31. The van der Waals surface area contributed by atoms with Crippen LogP contribution in [0.25, 0.3) is 0 Å². The Labute approximate surface area is 117 Å². The SMILES string of the molecule is CC(C)NS(=O)(=O)c1ccc(Br)cc1OC(F)(F)F. The molecule has 4 nitrogen and oxygen atoms in total. The molecule has 19 heavy (non-hydrogen) atoms. The Morgan fingerprint density at radius 1 is 1.32 bits per heavy atom. The van der Waals surface area contributed by atoms with Crippen molar-refractivity contribution in [3.8, 4) is 5.75 Å². The van der Waals surface area contributed by atoms with Gasteiger partial charge in [-0.2, -0.15) is 0 Å². The fourth-order valence-corrected chi connectivity index (χ4v) is 2.98. The van der Waals surface area contributed by atoms with Crippen molar-refractivity contribution in [2.45, 2.75) is 31.1 Å². The van der Waals surface area contributed by atoms with Gasteiger partial charge in [-0.15, -0.1) is 13.2 Å². The van der Waals surface area contributed by atoms with Gasteiger partial charge in [0.05, 0.1) is 0 Å². The van der Waals surface area contributed by atoms with Crippen LogP contribution in [-0.4, -0.2) is 20.8 Å². The highest BCUT2D eigenvalue weighted by Gasteiger charge is 2.34. The van der Waals surface area contributed by atoms with Crippen molar-refractivity contribution in [1.82, 2.24) is 4.72 Å². The van der Waals surface area contributed by atoms with E-state index in [4.69, 9.17) is 0 Å². The second-order valence-corrected chi connectivity index (χ2v) is 6.51. The van der Waals surface area contributed by atoms with Crippen molar-refractivity contribution in [3.63, 3.8) is 0 Å². The van der Waals surface area contributed by atoms with Gasteiger partial charge in [0.1, 0.15) is 4.90 Å². The van der Waals surface area contributed by atoms with Gasteiger partial charge in [-0.1, -0.05) is 15.9 Å². The van der Waals surface area contributed by atoms with Gasteiger partial charge in [-0.05, 0) is 32.0 Å². The Balaban J connectivity index is 3.28. The predicted octanol–water partition coefficient (Wildman–Crippen LogP) is 3.03. The van der Waals surface area contributed by atoms with E-state index in [-0.39, 0.29) is 4.47 Å². The number of hydrogen-bond acceptors (Lipinski definition) is 3. The lowest BCUT2D eigenvalue weighted by molar-refractivity contribution is -0.275. The molecular formula is C10H11BrF3NO3S. The molecule has 0 fully saturated rings. The van der Waals surface area contributed by atoms with Gasteiger partial charge in [0, 0.05) is 10.5 Å². The number of ether oxygens (including phenoxy) is 1. The van der Waals surface area contributed by atoms with Gasteiger partial charge in [-0.3, -0.25) is 0 Å². The van der Waals surface area contributed by atoms with E-state index in [0.717, 1.165) is 12.1 Å². The lowest BCUT2D eigenvalue weighted by atomic mass is 10.3. The summed E-state index contributed by atoms with van der Waals surface area (Å²) in [6.07, 6.45) is -4.97. The Hall–Kier alpha value is -0.800. The summed E-state index contributed by atoms with van der Waals surface area (Å²) in [6, 6.07) is 2.85. The summed E-state index contributed by atoms with van der Waals surface area (Å²) in [4.78, 5) is -0.568. The summed E-state index contributed by atoms with van der Waals surface area (Å²) in [5.74, 6) is -0.782. The molecule has 0 spiro atoms. The first-order valence-corrected chi connectivity index (χ1v) is 7.36. The lowest BCUT2D eigenvalue weighted by Gasteiger charge is -2.15. The van der Waals surface area contributed by atoms with E-state index in [1.54, 1.807) is 13.8 Å². The first-order chi connectivity index (χ1) is 8.51. The molecule has 0 bridgehead atoms. The highest BCUT2D eigenvalue weighted by Crippen LogP contribution is 2.32. The fraction of sp³-hybridized carbons (Fsp3) is 0.400. The van der Waals surface area contributed by atoms with E-state index in [2.05, 4.69) is 25.4 Å². The molecule has 0 heterocycles. The summed E-state index contributed by atoms with van der Waals surface area (Å²) in [5, 5.41) is 0. The van der Waals surface area contributed by atoms with Gasteiger partial charge in [0.2, 0.25) is 10.0 Å². The van der Waals surface area contributed by atoms with E-state index in [1.165, 1.54) is 6.07 Å². The van der Waals surface area contributed by atoms with Crippen LogP contribution in [0.1, 0.15) is 13.8 Å². The Bertz CT molecular complexity index is 558. The standard InChI is InChI=1S/C10H11BrF3NO3S/c1-6(2)15-19(16,17)9-4-3-7(11)5-8(9)18-10(12,13)14/h3-6,15H,1-2H3. The number of benzene rings is 1. The zero-order valence-electron chi connectivity index (χ0n) is 9.95. The highest BCUT2D eigenvalue weighted by molar-refractivity contribution is 9.10. The largest absolute Gasteiger partial charge is 0.573 e. The third-order valence-electron chi connectivity index (χ3n) is 1.81. The molecule has 0 aromatic heterocycles. The molecule has 9 heteroatoms. The van der Waals surface area contributed by atoms with Crippen molar-refractivity contribution < 1.29 is 26.3 Å². The summed E-state index contributed by atoms with van der Waals surface area (Å²) in [7, 11) is -4.08. The maximum Gasteiger partial charge on any atom is 0.573 e. The average Bonchev–Trinajstić information content (AvgIpc) is 2.11. The maximum absolute atomic E-state index is 12.3. The van der Waals surface area contributed by atoms with Gasteiger partial charge >= 0.3 is 6.36 Å². The average molecular weight is 362 g/mol. The number of alkyl halides is 3. The zero-order chi connectivity index (χ0) is 14.8. The molecule has 0 amide bonds. The summed E-state index contributed by atoms with van der Waals surface area (Å²) in [5.41, 5.74) is 0. The van der Waals surface area contributed by atoms with Crippen LogP contribution in [0.5, 0.6) is 5.75 Å².